The van der Waals surface area contributed by atoms with Gasteiger partial charge in [-0.1, -0.05) is 88.7 Å². The molecular weight excluding hydrogens is 536 g/mol. The van der Waals surface area contributed by atoms with Crippen LogP contribution in [0.15, 0.2) is 102 Å². The lowest BCUT2D eigenvalue weighted by molar-refractivity contribution is -0.0397. The van der Waals surface area contributed by atoms with E-state index in [0.29, 0.717) is 5.88 Å². The standard InChI is InChI=1S/C33H33BrN2O2/c1-36(2)20-19-33(38-4,29-16-10-14-23-11-8-9-15-27(23)29)31(24-12-6-5-7-13-24)28-22-25-21-26(34)17-18-30(25)35-32(28)37-3/h5-18,21-22,31H,19-20H2,1-4H3. The summed E-state index contributed by atoms with van der Waals surface area (Å²) in [6, 6.07) is 34.0. The van der Waals surface area contributed by atoms with Crippen LogP contribution in [0.2, 0.25) is 0 Å². The van der Waals surface area contributed by atoms with Crippen molar-refractivity contribution in [3.63, 3.8) is 0 Å². The fourth-order valence-electron chi connectivity index (χ4n) is 5.61. The van der Waals surface area contributed by atoms with Gasteiger partial charge in [0, 0.05) is 35.0 Å². The first-order chi connectivity index (χ1) is 18.5. The van der Waals surface area contributed by atoms with Crippen LogP contribution in [0.25, 0.3) is 21.7 Å². The van der Waals surface area contributed by atoms with E-state index in [-0.39, 0.29) is 5.92 Å². The summed E-state index contributed by atoms with van der Waals surface area (Å²) in [6.45, 7) is 0.843. The van der Waals surface area contributed by atoms with E-state index in [0.717, 1.165) is 45.0 Å². The zero-order valence-corrected chi connectivity index (χ0v) is 23.9. The molecule has 0 amide bonds. The molecule has 0 aliphatic carbocycles. The van der Waals surface area contributed by atoms with E-state index in [1.807, 2.05) is 19.2 Å². The van der Waals surface area contributed by atoms with Crippen LogP contribution in [-0.2, 0) is 10.3 Å². The molecule has 4 nitrogen and oxygen atoms in total. The Morgan fingerprint density at radius 1 is 0.842 bits per heavy atom. The SMILES string of the molecule is COc1nc2ccc(Br)cc2cc1C(c1ccccc1)C(CCN(C)C)(OC)c1cccc2ccccc12. The molecule has 5 aromatic rings. The molecule has 194 valence electrons. The normalized spacial score (nSPS) is 14.1. The summed E-state index contributed by atoms with van der Waals surface area (Å²) in [6.07, 6.45) is 0.768. The average molecular weight is 570 g/mol. The van der Waals surface area contributed by atoms with Crippen molar-refractivity contribution in [2.45, 2.75) is 17.9 Å². The number of hydrogen-bond donors (Lipinski definition) is 0. The Kier molecular flexibility index (Phi) is 7.80. The lowest BCUT2D eigenvalue weighted by Crippen LogP contribution is -2.40. The van der Waals surface area contributed by atoms with Gasteiger partial charge >= 0.3 is 0 Å². The molecule has 0 aliphatic heterocycles. The molecule has 0 saturated carbocycles. The number of hydrogen-bond acceptors (Lipinski definition) is 4. The van der Waals surface area contributed by atoms with Crippen molar-refractivity contribution in [1.29, 1.82) is 0 Å². The van der Waals surface area contributed by atoms with E-state index in [9.17, 15) is 0 Å². The molecule has 0 spiro atoms. The molecule has 38 heavy (non-hydrogen) atoms. The first-order valence-electron chi connectivity index (χ1n) is 12.8. The molecule has 5 rings (SSSR count). The topological polar surface area (TPSA) is 34.6 Å². The fourth-order valence-corrected chi connectivity index (χ4v) is 5.99. The van der Waals surface area contributed by atoms with Gasteiger partial charge in [0.05, 0.1) is 12.6 Å². The van der Waals surface area contributed by atoms with Gasteiger partial charge in [0.15, 0.2) is 0 Å². The number of pyridine rings is 1. The van der Waals surface area contributed by atoms with Crippen molar-refractivity contribution in [3.8, 4) is 5.88 Å². The van der Waals surface area contributed by atoms with Gasteiger partial charge < -0.3 is 14.4 Å². The number of halogens is 1. The molecule has 0 fully saturated rings. The Balaban J connectivity index is 1.87. The Morgan fingerprint density at radius 2 is 1.58 bits per heavy atom. The van der Waals surface area contributed by atoms with Gasteiger partial charge in [-0.25, -0.2) is 4.98 Å². The third-order valence-corrected chi connectivity index (χ3v) is 7.91. The van der Waals surface area contributed by atoms with Gasteiger partial charge in [-0.2, -0.15) is 0 Å². The van der Waals surface area contributed by atoms with Crippen LogP contribution in [0.3, 0.4) is 0 Å². The van der Waals surface area contributed by atoms with Gasteiger partial charge in [0.2, 0.25) is 5.88 Å². The number of rotatable bonds is 9. The Morgan fingerprint density at radius 3 is 2.32 bits per heavy atom. The van der Waals surface area contributed by atoms with Gasteiger partial charge in [-0.05, 0) is 66.7 Å². The van der Waals surface area contributed by atoms with Crippen molar-refractivity contribution >= 4 is 37.6 Å². The van der Waals surface area contributed by atoms with E-state index in [2.05, 4.69) is 120 Å². The van der Waals surface area contributed by atoms with Crippen LogP contribution in [-0.4, -0.2) is 44.7 Å². The fraction of sp³-hybridized carbons (Fsp3) is 0.242. The number of benzene rings is 4. The molecule has 1 heterocycles. The van der Waals surface area contributed by atoms with Crippen LogP contribution in [0.4, 0.5) is 0 Å². The highest BCUT2D eigenvalue weighted by molar-refractivity contribution is 9.10. The molecule has 1 aromatic heterocycles. The molecule has 5 heteroatoms. The van der Waals surface area contributed by atoms with Crippen LogP contribution < -0.4 is 4.74 Å². The second kappa shape index (κ2) is 11.2. The second-order valence-corrected chi connectivity index (χ2v) is 10.9. The van der Waals surface area contributed by atoms with Gasteiger partial charge in [-0.3, -0.25) is 0 Å². The molecule has 2 unspecified atom stereocenters. The quantitative estimate of drug-likeness (QED) is 0.182. The monoisotopic (exact) mass is 568 g/mol. The lowest BCUT2D eigenvalue weighted by Gasteiger charge is -2.42. The number of methoxy groups -OCH3 is 2. The van der Waals surface area contributed by atoms with Gasteiger partial charge in [0.1, 0.15) is 5.60 Å². The second-order valence-electron chi connectivity index (χ2n) is 9.94. The first-order valence-corrected chi connectivity index (χ1v) is 13.6. The summed E-state index contributed by atoms with van der Waals surface area (Å²) in [4.78, 5) is 7.19. The van der Waals surface area contributed by atoms with Gasteiger partial charge in [0.25, 0.3) is 0 Å². The summed E-state index contributed by atoms with van der Waals surface area (Å²) in [7, 11) is 7.75. The molecule has 4 aromatic carbocycles. The van der Waals surface area contributed by atoms with E-state index >= 15 is 0 Å². The predicted molar refractivity (Wildman–Crippen MR) is 160 cm³/mol. The average Bonchev–Trinajstić information content (AvgIpc) is 2.95. The third kappa shape index (κ3) is 4.94. The molecule has 0 aliphatic rings. The zero-order valence-electron chi connectivity index (χ0n) is 22.3. The third-order valence-electron chi connectivity index (χ3n) is 7.41. The van der Waals surface area contributed by atoms with Crippen molar-refractivity contribution in [2.24, 2.45) is 0 Å². The summed E-state index contributed by atoms with van der Waals surface area (Å²) < 4.78 is 13.8. The summed E-state index contributed by atoms with van der Waals surface area (Å²) >= 11 is 3.64. The number of ether oxygens (including phenoxy) is 2. The maximum atomic E-state index is 6.77. The van der Waals surface area contributed by atoms with Crippen LogP contribution in [0.5, 0.6) is 5.88 Å². The molecule has 0 N–H and O–H groups in total. The molecular formula is C33H33BrN2O2. The predicted octanol–water partition coefficient (Wildman–Crippen LogP) is 7.78. The van der Waals surface area contributed by atoms with E-state index in [1.54, 1.807) is 7.11 Å². The minimum Gasteiger partial charge on any atom is -0.481 e. The number of nitrogens with zero attached hydrogens (tertiary/aromatic N) is 2. The molecule has 0 saturated heterocycles. The van der Waals surface area contributed by atoms with Crippen LogP contribution in [0.1, 0.15) is 29.0 Å². The molecule has 0 bridgehead atoms. The summed E-state index contributed by atoms with van der Waals surface area (Å²) in [5, 5.41) is 3.43. The Bertz CT molecular complexity index is 1550. The molecule has 0 radical (unpaired) electrons. The minimum absolute atomic E-state index is 0.190. The Labute approximate surface area is 233 Å². The largest absolute Gasteiger partial charge is 0.481 e. The highest BCUT2D eigenvalue weighted by Crippen LogP contribution is 2.51. The van der Waals surface area contributed by atoms with Crippen molar-refractivity contribution < 1.29 is 9.47 Å². The van der Waals surface area contributed by atoms with E-state index in [1.165, 1.54) is 10.8 Å². The summed E-state index contributed by atoms with van der Waals surface area (Å²) in [5.74, 6) is 0.422. The van der Waals surface area contributed by atoms with Crippen LogP contribution >= 0.6 is 15.9 Å². The highest BCUT2D eigenvalue weighted by atomic mass is 79.9. The van der Waals surface area contributed by atoms with E-state index < -0.39 is 5.60 Å². The minimum atomic E-state index is -0.707. The van der Waals surface area contributed by atoms with Crippen molar-refractivity contribution in [2.75, 3.05) is 34.9 Å². The Hall–Kier alpha value is -3.25. The lowest BCUT2D eigenvalue weighted by atomic mass is 9.70. The zero-order chi connectivity index (χ0) is 26.7. The van der Waals surface area contributed by atoms with Crippen molar-refractivity contribution in [3.05, 3.63) is 118 Å². The first kappa shape index (κ1) is 26.4. The number of fused-ring (bicyclic) bond motifs is 2. The number of aromatic nitrogens is 1. The highest BCUT2D eigenvalue weighted by Gasteiger charge is 2.45. The maximum absolute atomic E-state index is 6.77. The van der Waals surface area contributed by atoms with Crippen LogP contribution in [0, 0.1) is 0 Å². The molecule has 2 atom stereocenters. The smallest absolute Gasteiger partial charge is 0.217 e. The summed E-state index contributed by atoms with van der Waals surface area (Å²) in [5.41, 5.74) is 3.49. The van der Waals surface area contributed by atoms with Gasteiger partial charge in [-0.15, -0.1) is 0 Å². The maximum Gasteiger partial charge on any atom is 0.217 e. The van der Waals surface area contributed by atoms with E-state index in [4.69, 9.17) is 14.5 Å². The van der Waals surface area contributed by atoms with Crippen molar-refractivity contribution in [1.82, 2.24) is 9.88 Å².